The Hall–Kier alpha value is 0.270. The highest BCUT2D eigenvalue weighted by atomic mass is 32.2. The van der Waals surface area contributed by atoms with Crippen molar-refractivity contribution in [1.29, 1.82) is 0 Å². The van der Waals surface area contributed by atoms with Gasteiger partial charge in [0, 0.05) is 0 Å². The largest absolute Gasteiger partial charge is 0.393 e. The van der Waals surface area contributed by atoms with Crippen LogP contribution in [0.3, 0.4) is 0 Å². The van der Waals surface area contributed by atoms with E-state index in [0.29, 0.717) is 11.8 Å². The van der Waals surface area contributed by atoms with E-state index in [-0.39, 0.29) is 12.2 Å². The average molecular weight is 291 g/mol. The number of hydrogen-bond donors (Lipinski definition) is 2. The second-order valence-corrected chi connectivity index (χ2v) is 6.90. The van der Waals surface area contributed by atoms with Gasteiger partial charge in [0.2, 0.25) is 0 Å². The molecule has 0 aromatic heterocycles. The lowest BCUT2D eigenvalue weighted by molar-refractivity contribution is 0.128. The molecule has 0 radical (unpaired) electrons. The van der Waals surface area contributed by atoms with Crippen LogP contribution in [0.2, 0.25) is 0 Å². The van der Waals surface area contributed by atoms with Crippen LogP contribution < -0.4 is 0 Å². The van der Waals surface area contributed by atoms with Gasteiger partial charge in [-0.2, -0.15) is 11.8 Å². The minimum absolute atomic E-state index is 0.209. The van der Waals surface area contributed by atoms with Crippen molar-refractivity contribution in [1.82, 2.24) is 0 Å². The summed E-state index contributed by atoms with van der Waals surface area (Å²) in [6, 6.07) is 0. The Morgan fingerprint density at radius 2 is 1.16 bits per heavy atom. The molecule has 0 heterocycles. The smallest absolute Gasteiger partial charge is 0.0548 e. The van der Waals surface area contributed by atoms with Crippen molar-refractivity contribution in [3.05, 3.63) is 0 Å². The molecule has 2 N–H and O–H groups in total. The van der Waals surface area contributed by atoms with E-state index in [4.69, 9.17) is 0 Å². The van der Waals surface area contributed by atoms with Gasteiger partial charge in [0.25, 0.3) is 0 Å². The molecule has 0 aliphatic heterocycles. The molecule has 0 bridgehead atoms. The highest BCUT2D eigenvalue weighted by molar-refractivity contribution is 7.99. The fourth-order valence-corrected chi connectivity index (χ4v) is 3.86. The second-order valence-electron chi connectivity index (χ2n) is 5.82. The van der Waals surface area contributed by atoms with E-state index in [2.05, 4.69) is 13.8 Å². The van der Waals surface area contributed by atoms with Crippen LogP contribution in [0.25, 0.3) is 0 Å². The van der Waals surface area contributed by atoms with Gasteiger partial charge in [-0.1, -0.05) is 39.5 Å². The molecule has 0 aromatic carbocycles. The molecule has 2 nitrogen and oxygen atoms in total. The van der Waals surface area contributed by atoms with E-state index in [0.717, 1.165) is 24.3 Å². The van der Waals surface area contributed by atoms with Crippen molar-refractivity contribution in [2.45, 2.75) is 78.4 Å². The number of hydrogen-bond acceptors (Lipinski definition) is 3. The van der Waals surface area contributed by atoms with Gasteiger partial charge in [-0.05, 0) is 50.0 Å². The van der Waals surface area contributed by atoms with Gasteiger partial charge >= 0.3 is 0 Å². The van der Waals surface area contributed by atoms with Crippen molar-refractivity contribution in [2.24, 2.45) is 11.8 Å². The maximum Gasteiger partial charge on any atom is 0.0548 e. The molecule has 0 rings (SSSR count). The van der Waals surface area contributed by atoms with E-state index in [1.165, 1.54) is 25.7 Å². The monoisotopic (exact) mass is 290 g/mol. The van der Waals surface area contributed by atoms with E-state index in [1.807, 2.05) is 25.6 Å². The Bertz CT molecular complexity index is 175. The zero-order valence-corrected chi connectivity index (χ0v) is 14.1. The van der Waals surface area contributed by atoms with Crippen LogP contribution in [0.5, 0.6) is 0 Å². The fourth-order valence-electron chi connectivity index (χ4n) is 2.23. The summed E-state index contributed by atoms with van der Waals surface area (Å²) in [4.78, 5) is 0. The van der Waals surface area contributed by atoms with Crippen molar-refractivity contribution < 1.29 is 10.2 Å². The molecule has 0 aliphatic carbocycles. The lowest BCUT2D eigenvalue weighted by atomic mass is 9.99. The zero-order chi connectivity index (χ0) is 14.7. The topological polar surface area (TPSA) is 40.5 Å². The molecular formula is C16H34O2S. The summed E-state index contributed by atoms with van der Waals surface area (Å²) in [5.74, 6) is 2.86. The normalized spacial score (nSPS) is 18.0. The first-order chi connectivity index (χ1) is 9.02. The number of aliphatic hydroxyl groups is 2. The van der Waals surface area contributed by atoms with E-state index >= 15 is 0 Å². The van der Waals surface area contributed by atoms with Crippen LogP contribution in [0.15, 0.2) is 0 Å². The fraction of sp³-hybridized carbons (Fsp3) is 1.00. The molecule has 4 unspecified atom stereocenters. The number of thioether (sulfide) groups is 1. The number of rotatable bonds is 12. The van der Waals surface area contributed by atoms with Gasteiger partial charge in [0.05, 0.1) is 12.2 Å². The Kier molecular flexibility index (Phi) is 12.2. The summed E-state index contributed by atoms with van der Waals surface area (Å²) < 4.78 is 0. The van der Waals surface area contributed by atoms with E-state index < -0.39 is 0 Å². The highest BCUT2D eigenvalue weighted by Crippen LogP contribution is 2.24. The third-order valence-corrected chi connectivity index (χ3v) is 5.21. The Morgan fingerprint density at radius 1 is 0.789 bits per heavy atom. The summed E-state index contributed by atoms with van der Waals surface area (Å²) in [6.07, 6.45) is 6.61. The quantitative estimate of drug-likeness (QED) is 0.568. The van der Waals surface area contributed by atoms with Gasteiger partial charge in [0.15, 0.2) is 0 Å². The molecule has 0 fully saturated rings. The molecule has 3 heteroatoms. The first-order valence-electron chi connectivity index (χ1n) is 7.96. The molecule has 0 saturated carbocycles. The predicted octanol–water partition coefficient (Wildman–Crippen LogP) is 4.09. The van der Waals surface area contributed by atoms with E-state index in [9.17, 15) is 10.2 Å². The van der Waals surface area contributed by atoms with Crippen LogP contribution >= 0.6 is 11.8 Å². The highest BCUT2D eigenvalue weighted by Gasteiger charge is 2.18. The van der Waals surface area contributed by atoms with Crippen LogP contribution in [0.4, 0.5) is 0 Å². The van der Waals surface area contributed by atoms with Crippen molar-refractivity contribution in [2.75, 3.05) is 11.5 Å². The summed E-state index contributed by atoms with van der Waals surface area (Å²) in [6.45, 7) is 8.20. The average Bonchev–Trinajstić information content (AvgIpc) is 2.36. The first-order valence-corrected chi connectivity index (χ1v) is 9.12. The molecule has 19 heavy (non-hydrogen) atoms. The van der Waals surface area contributed by atoms with Crippen LogP contribution in [-0.2, 0) is 0 Å². The van der Waals surface area contributed by atoms with Gasteiger partial charge < -0.3 is 10.2 Å². The van der Waals surface area contributed by atoms with Crippen LogP contribution in [-0.4, -0.2) is 33.9 Å². The third-order valence-electron chi connectivity index (χ3n) is 3.89. The molecule has 0 aromatic rings. The molecule has 0 amide bonds. The lowest BCUT2D eigenvalue weighted by Crippen LogP contribution is -2.22. The molecule has 116 valence electrons. The Labute approximate surface area is 124 Å². The lowest BCUT2D eigenvalue weighted by Gasteiger charge is -2.23. The molecule has 0 aliphatic rings. The van der Waals surface area contributed by atoms with Crippen LogP contribution in [0.1, 0.15) is 66.2 Å². The van der Waals surface area contributed by atoms with Crippen molar-refractivity contribution in [3.8, 4) is 0 Å². The third kappa shape index (κ3) is 9.75. The zero-order valence-electron chi connectivity index (χ0n) is 13.3. The van der Waals surface area contributed by atoms with Crippen LogP contribution in [0, 0.1) is 11.8 Å². The van der Waals surface area contributed by atoms with Gasteiger partial charge in [-0.25, -0.2) is 0 Å². The standard InChI is InChI=1S/C16H34O2S/c1-5-7-9-15(13(3)17)11-19-12-16(14(4)18)10-8-6-2/h13-18H,5-12H2,1-4H3. The molecule has 4 atom stereocenters. The molecular weight excluding hydrogens is 256 g/mol. The van der Waals surface area contributed by atoms with Gasteiger partial charge in [-0.3, -0.25) is 0 Å². The molecule has 0 spiro atoms. The summed E-state index contributed by atoms with van der Waals surface area (Å²) in [5.41, 5.74) is 0. The second kappa shape index (κ2) is 12.0. The number of aliphatic hydroxyl groups excluding tert-OH is 2. The number of unbranched alkanes of at least 4 members (excludes halogenated alkanes) is 2. The maximum absolute atomic E-state index is 9.79. The minimum Gasteiger partial charge on any atom is -0.393 e. The van der Waals surface area contributed by atoms with Crippen molar-refractivity contribution >= 4 is 11.8 Å². The van der Waals surface area contributed by atoms with Gasteiger partial charge in [-0.15, -0.1) is 0 Å². The first kappa shape index (κ1) is 19.3. The SMILES string of the molecule is CCCCC(CSCC(CCCC)C(C)O)C(C)O. The van der Waals surface area contributed by atoms with Gasteiger partial charge in [0.1, 0.15) is 0 Å². The maximum atomic E-state index is 9.79. The van der Waals surface area contributed by atoms with Crippen molar-refractivity contribution in [3.63, 3.8) is 0 Å². The molecule has 0 saturated heterocycles. The van der Waals surface area contributed by atoms with E-state index in [1.54, 1.807) is 0 Å². The summed E-state index contributed by atoms with van der Waals surface area (Å²) in [7, 11) is 0. The Morgan fingerprint density at radius 3 is 1.42 bits per heavy atom. The predicted molar refractivity (Wildman–Crippen MR) is 86.7 cm³/mol. The minimum atomic E-state index is -0.209. The summed E-state index contributed by atoms with van der Waals surface area (Å²) in [5, 5.41) is 19.6. The summed E-state index contributed by atoms with van der Waals surface area (Å²) >= 11 is 1.91. The Balaban J connectivity index is 3.98.